The molecule has 3 rings (SSSR count). The van der Waals surface area contributed by atoms with E-state index in [4.69, 9.17) is 10.3 Å². The number of hydrogen-bond acceptors (Lipinski definition) is 5. The summed E-state index contributed by atoms with van der Waals surface area (Å²) < 4.78 is 6.22. The molecule has 0 spiro atoms. The van der Waals surface area contributed by atoms with Crippen LogP contribution in [0.3, 0.4) is 0 Å². The van der Waals surface area contributed by atoms with Crippen molar-refractivity contribution in [3.8, 4) is 22.2 Å². The predicted octanol–water partition coefficient (Wildman–Crippen LogP) is 3.81. The SMILES string of the molecule is Nc1ccc(-c2noc(-c3sccc3Br)n2)cc1. The number of nitrogen functional groups attached to an aromatic ring is 1. The van der Waals surface area contributed by atoms with Crippen molar-refractivity contribution >= 4 is 33.0 Å². The zero-order chi connectivity index (χ0) is 12.5. The van der Waals surface area contributed by atoms with Gasteiger partial charge in [-0.1, -0.05) is 5.16 Å². The molecule has 90 valence electrons. The van der Waals surface area contributed by atoms with Gasteiger partial charge >= 0.3 is 0 Å². The number of rotatable bonds is 2. The summed E-state index contributed by atoms with van der Waals surface area (Å²) in [6, 6.07) is 9.31. The first-order valence-corrected chi connectivity index (χ1v) is 6.84. The molecule has 0 amide bonds. The monoisotopic (exact) mass is 321 g/mol. The maximum absolute atomic E-state index is 5.64. The number of anilines is 1. The van der Waals surface area contributed by atoms with Crippen LogP contribution in [0.5, 0.6) is 0 Å². The Bertz CT molecular complexity index is 675. The molecule has 2 aromatic heterocycles. The van der Waals surface area contributed by atoms with Gasteiger partial charge in [-0.15, -0.1) is 11.3 Å². The van der Waals surface area contributed by atoms with Gasteiger partial charge in [0.2, 0.25) is 5.82 Å². The van der Waals surface area contributed by atoms with Crippen molar-refractivity contribution in [1.82, 2.24) is 10.1 Å². The van der Waals surface area contributed by atoms with Crippen molar-refractivity contribution in [3.05, 3.63) is 40.2 Å². The summed E-state index contributed by atoms with van der Waals surface area (Å²) in [6.07, 6.45) is 0. The number of thiophene rings is 1. The van der Waals surface area contributed by atoms with Crippen LogP contribution in [0.2, 0.25) is 0 Å². The minimum Gasteiger partial charge on any atom is -0.399 e. The van der Waals surface area contributed by atoms with Gasteiger partial charge in [0.15, 0.2) is 0 Å². The van der Waals surface area contributed by atoms with Gasteiger partial charge in [-0.05, 0) is 51.6 Å². The quantitative estimate of drug-likeness (QED) is 0.729. The molecule has 0 aliphatic carbocycles. The fourth-order valence-corrected chi connectivity index (χ4v) is 2.97. The molecule has 2 N–H and O–H groups in total. The standard InChI is InChI=1S/C12H8BrN3OS/c13-9-5-6-18-10(9)12-15-11(16-17-12)7-1-3-8(14)4-2-7/h1-6H,14H2. The van der Waals surface area contributed by atoms with Gasteiger partial charge in [-0.2, -0.15) is 4.98 Å². The molecule has 0 fully saturated rings. The van der Waals surface area contributed by atoms with Crippen molar-refractivity contribution in [1.29, 1.82) is 0 Å². The van der Waals surface area contributed by atoms with Crippen molar-refractivity contribution in [2.24, 2.45) is 0 Å². The van der Waals surface area contributed by atoms with Crippen molar-refractivity contribution in [2.75, 3.05) is 5.73 Å². The second kappa shape index (κ2) is 4.55. The summed E-state index contributed by atoms with van der Waals surface area (Å²) in [7, 11) is 0. The van der Waals surface area contributed by atoms with Gasteiger partial charge in [0.1, 0.15) is 4.88 Å². The fraction of sp³-hybridized carbons (Fsp3) is 0. The Hall–Kier alpha value is -1.66. The summed E-state index contributed by atoms with van der Waals surface area (Å²) >= 11 is 4.99. The Balaban J connectivity index is 1.99. The second-order valence-corrected chi connectivity index (χ2v) is 5.41. The van der Waals surface area contributed by atoms with Gasteiger partial charge in [-0.3, -0.25) is 0 Å². The van der Waals surface area contributed by atoms with E-state index in [2.05, 4.69) is 26.1 Å². The highest BCUT2D eigenvalue weighted by atomic mass is 79.9. The lowest BCUT2D eigenvalue weighted by atomic mass is 10.2. The number of aromatic nitrogens is 2. The van der Waals surface area contributed by atoms with Gasteiger partial charge in [0.05, 0.1) is 0 Å². The van der Waals surface area contributed by atoms with Crippen LogP contribution < -0.4 is 5.73 Å². The molecule has 1 aromatic carbocycles. The molecule has 0 aliphatic heterocycles. The first-order valence-electron chi connectivity index (χ1n) is 5.17. The number of hydrogen-bond donors (Lipinski definition) is 1. The Kier molecular flexibility index (Phi) is 2.89. The summed E-state index contributed by atoms with van der Waals surface area (Å²) in [4.78, 5) is 5.31. The van der Waals surface area contributed by atoms with E-state index in [1.54, 1.807) is 11.3 Å². The highest BCUT2D eigenvalue weighted by Gasteiger charge is 2.14. The Morgan fingerprint density at radius 2 is 1.94 bits per heavy atom. The Morgan fingerprint density at radius 3 is 2.61 bits per heavy atom. The van der Waals surface area contributed by atoms with E-state index in [0.29, 0.717) is 17.4 Å². The van der Waals surface area contributed by atoms with Crippen LogP contribution in [-0.2, 0) is 0 Å². The van der Waals surface area contributed by atoms with Crippen LogP contribution in [0.25, 0.3) is 22.2 Å². The van der Waals surface area contributed by atoms with E-state index in [9.17, 15) is 0 Å². The van der Waals surface area contributed by atoms with Gasteiger partial charge < -0.3 is 10.3 Å². The topological polar surface area (TPSA) is 64.9 Å². The Morgan fingerprint density at radius 1 is 1.17 bits per heavy atom. The lowest BCUT2D eigenvalue weighted by Gasteiger charge is -1.94. The summed E-state index contributed by atoms with van der Waals surface area (Å²) in [5.41, 5.74) is 7.23. The third kappa shape index (κ3) is 2.04. The highest BCUT2D eigenvalue weighted by molar-refractivity contribution is 9.10. The molecule has 2 heterocycles. The third-order valence-corrected chi connectivity index (χ3v) is 4.23. The normalized spacial score (nSPS) is 10.7. The zero-order valence-electron chi connectivity index (χ0n) is 9.13. The summed E-state index contributed by atoms with van der Waals surface area (Å²) in [5.74, 6) is 1.08. The fourth-order valence-electron chi connectivity index (χ4n) is 1.51. The van der Waals surface area contributed by atoms with E-state index in [0.717, 1.165) is 14.9 Å². The molecule has 6 heteroatoms. The van der Waals surface area contributed by atoms with Gasteiger partial charge in [0, 0.05) is 15.7 Å². The van der Waals surface area contributed by atoms with Crippen LogP contribution in [0.15, 0.2) is 44.7 Å². The van der Waals surface area contributed by atoms with E-state index in [-0.39, 0.29) is 0 Å². The smallest absolute Gasteiger partial charge is 0.269 e. The largest absolute Gasteiger partial charge is 0.399 e. The number of benzene rings is 1. The minimum atomic E-state index is 0.517. The third-order valence-electron chi connectivity index (χ3n) is 2.41. The maximum atomic E-state index is 5.64. The molecule has 0 radical (unpaired) electrons. The van der Waals surface area contributed by atoms with E-state index in [1.165, 1.54) is 0 Å². The molecule has 0 unspecified atom stereocenters. The number of nitrogens with zero attached hydrogens (tertiary/aromatic N) is 2. The molecule has 0 atom stereocenters. The van der Waals surface area contributed by atoms with Crippen LogP contribution >= 0.6 is 27.3 Å². The molecule has 18 heavy (non-hydrogen) atoms. The van der Waals surface area contributed by atoms with E-state index >= 15 is 0 Å². The van der Waals surface area contributed by atoms with E-state index in [1.807, 2.05) is 35.7 Å². The minimum absolute atomic E-state index is 0.517. The first-order chi connectivity index (χ1) is 8.74. The van der Waals surface area contributed by atoms with E-state index < -0.39 is 0 Å². The highest BCUT2D eigenvalue weighted by Crippen LogP contribution is 2.33. The molecule has 0 saturated carbocycles. The van der Waals surface area contributed by atoms with Crippen LogP contribution in [0.1, 0.15) is 0 Å². The Labute approximate surface area is 116 Å². The first kappa shape index (κ1) is 11.4. The predicted molar refractivity (Wildman–Crippen MR) is 75.2 cm³/mol. The van der Waals surface area contributed by atoms with Crippen molar-refractivity contribution in [2.45, 2.75) is 0 Å². The van der Waals surface area contributed by atoms with Gasteiger partial charge in [0.25, 0.3) is 5.89 Å². The van der Waals surface area contributed by atoms with Crippen molar-refractivity contribution in [3.63, 3.8) is 0 Å². The average molecular weight is 322 g/mol. The molecular weight excluding hydrogens is 314 g/mol. The summed E-state index contributed by atoms with van der Waals surface area (Å²) in [6.45, 7) is 0. The molecular formula is C12H8BrN3OS. The molecule has 0 bridgehead atoms. The second-order valence-electron chi connectivity index (χ2n) is 3.64. The summed E-state index contributed by atoms with van der Waals surface area (Å²) in [5, 5.41) is 5.94. The molecule has 0 aliphatic rings. The van der Waals surface area contributed by atoms with Crippen LogP contribution in [-0.4, -0.2) is 10.1 Å². The molecule has 3 aromatic rings. The lowest BCUT2D eigenvalue weighted by Crippen LogP contribution is -1.85. The average Bonchev–Trinajstić information content (AvgIpc) is 2.98. The lowest BCUT2D eigenvalue weighted by molar-refractivity contribution is 0.433. The van der Waals surface area contributed by atoms with Crippen LogP contribution in [0.4, 0.5) is 5.69 Å². The van der Waals surface area contributed by atoms with Crippen molar-refractivity contribution < 1.29 is 4.52 Å². The maximum Gasteiger partial charge on any atom is 0.269 e. The number of nitrogens with two attached hydrogens (primary N) is 1. The molecule has 4 nitrogen and oxygen atoms in total. The molecule has 0 saturated heterocycles. The zero-order valence-corrected chi connectivity index (χ0v) is 11.5. The number of halogens is 1. The van der Waals surface area contributed by atoms with Crippen LogP contribution in [0, 0.1) is 0 Å². The van der Waals surface area contributed by atoms with Gasteiger partial charge in [-0.25, -0.2) is 0 Å².